The molecule has 2 aromatic carbocycles. The summed E-state index contributed by atoms with van der Waals surface area (Å²) in [6, 6.07) is 17.3. The second-order valence-corrected chi connectivity index (χ2v) is 7.14. The van der Waals surface area contributed by atoms with E-state index in [9.17, 15) is 14.9 Å². The third-order valence-electron chi connectivity index (χ3n) is 5.24. The van der Waals surface area contributed by atoms with Gasteiger partial charge in [-0.25, -0.2) is 0 Å². The molecule has 0 aromatic heterocycles. The summed E-state index contributed by atoms with van der Waals surface area (Å²) in [5.74, 6) is 0.265. The van der Waals surface area contributed by atoms with Crippen LogP contribution in [0, 0.1) is 16.0 Å². The zero-order valence-electron chi connectivity index (χ0n) is 15.4. The Bertz CT molecular complexity index is 758. The maximum absolute atomic E-state index is 12.5. The Hall–Kier alpha value is -2.69. The molecule has 1 unspecified atom stereocenters. The van der Waals surface area contributed by atoms with E-state index in [1.165, 1.54) is 0 Å². The van der Waals surface area contributed by atoms with Crippen LogP contribution in [0.25, 0.3) is 0 Å². The molecule has 1 saturated carbocycles. The second kappa shape index (κ2) is 9.31. The number of ether oxygens (including phenoxy) is 1. The number of Topliss-reactive ketones (excluding diaryl/α,β-unsaturated/α-hetero) is 1. The standard InChI is InChI=1S/C22H25NO4/c24-22-10-6-2-5-9-20(22)21(15-23(25)26)18-11-13-19(14-12-18)27-16-17-7-3-1-4-8-17/h1,3-4,7-8,11-14,20-21H,2,5-6,9-10,15-16H2/t20?,21-/m0/s1. The van der Waals surface area contributed by atoms with Gasteiger partial charge in [-0.1, -0.05) is 55.3 Å². The van der Waals surface area contributed by atoms with E-state index in [1.807, 2.05) is 54.6 Å². The van der Waals surface area contributed by atoms with Gasteiger partial charge in [0.25, 0.3) is 0 Å². The van der Waals surface area contributed by atoms with Crippen LogP contribution < -0.4 is 4.74 Å². The van der Waals surface area contributed by atoms with Gasteiger partial charge in [0.1, 0.15) is 18.1 Å². The largest absolute Gasteiger partial charge is 0.489 e. The summed E-state index contributed by atoms with van der Waals surface area (Å²) in [5, 5.41) is 11.2. The van der Waals surface area contributed by atoms with Crippen molar-refractivity contribution >= 4 is 5.78 Å². The lowest BCUT2D eigenvalue weighted by Crippen LogP contribution is -2.27. The van der Waals surface area contributed by atoms with E-state index in [2.05, 4.69) is 0 Å². The lowest BCUT2D eigenvalue weighted by atomic mass is 9.80. The smallest absolute Gasteiger partial charge is 0.211 e. The van der Waals surface area contributed by atoms with Crippen LogP contribution in [0.2, 0.25) is 0 Å². The van der Waals surface area contributed by atoms with E-state index in [0.29, 0.717) is 13.0 Å². The molecule has 0 saturated heterocycles. The number of hydrogen-bond acceptors (Lipinski definition) is 4. The van der Waals surface area contributed by atoms with Crippen LogP contribution in [0.15, 0.2) is 54.6 Å². The molecule has 0 spiro atoms. The summed E-state index contributed by atoms with van der Waals surface area (Å²) >= 11 is 0. The maximum Gasteiger partial charge on any atom is 0.211 e. The molecule has 5 nitrogen and oxygen atoms in total. The Morgan fingerprint density at radius 1 is 1.04 bits per heavy atom. The van der Waals surface area contributed by atoms with Crippen LogP contribution in [-0.4, -0.2) is 17.3 Å². The van der Waals surface area contributed by atoms with Crippen molar-refractivity contribution < 1.29 is 14.5 Å². The zero-order valence-corrected chi connectivity index (χ0v) is 15.4. The van der Waals surface area contributed by atoms with Crippen LogP contribution in [0.4, 0.5) is 0 Å². The number of rotatable bonds is 7. The molecule has 1 aliphatic carbocycles. The van der Waals surface area contributed by atoms with Crippen molar-refractivity contribution in [1.29, 1.82) is 0 Å². The highest BCUT2D eigenvalue weighted by atomic mass is 16.6. The Morgan fingerprint density at radius 2 is 1.78 bits per heavy atom. The first-order valence-corrected chi connectivity index (χ1v) is 9.54. The van der Waals surface area contributed by atoms with E-state index in [-0.39, 0.29) is 29.1 Å². The van der Waals surface area contributed by atoms with Gasteiger partial charge in [0, 0.05) is 17.3 Å². The van der Waals surface area contributed by atoms with E-state index >= 15 is 0 Å². The Kier molecular flexibility index (Phi) is 6.58. The average Bonchev–Trinajstić information content (AvgIpc) is 2.90. The van der Waals surface area contributed by atoms with E-state index in [1.54, 1.807) is 0 Å². The van der Waals surface area contributed by atoms with Gasteiger partial charge < -0.3 is 4.74 Å². The van der Waals surface area contributed by atoms with Crippen LogP contribution >= 0.6 is 0 Å². The number of nitrogens with zero attached hydrogens (tertiary/aromatic N) is 1. The van der Waals surface area contributed by atoms with Crippen molar-refractivity contribution in [2.75, 3.05) is 6.54 Å². The molecule has 0 bridgehead atoms. The molecule has 2 atom stereocenters. The molecular weight excluding hydrogens is 342 g/mol. The summed E-state index contributed by atoms with van der Waals surface area (Å²) in [6.45, 7) is 0.264. The molecule has 1 aliphatic rings. The fourth-order valence-corrected chi connectivity index (χ4v) is 3.79. The molecule has 0 aliphatic heterocycles. The maximum atomic E-state index is 12.5. The highest BCUT2D eigenvalue weighted by molar-refractivity contribution is 5.82. The Balaban J connectivity index is 1.72. The third-order valence-corrected chi connectivity index (χ3v) is 5.24. The Labute approximate surface area is 159 Å². The lowest BCUT2D eigenvalue weighted by molar-refractivity contribution is -0.484. The normalized spacial score (nSPS) is 18.5. The first-order valence-electron chi connectivity index (χ1n) is 9.54. The van der Waals surface area contributed by atoms with Crippen molar-refractivity contribution in [3.8, 4) is 5.75 Å². The van der Waals surface area contributed by atoms with Gasteiger partial charge in [-0.05, 0) is 36.1 Å². The summed E-state index contributed by atoms with van der Waals surface area (Å²) in [4.78, 5) is 23.4. The summed E-state index contributed by atoms with van der Waals surface area (Å²) < 4.78 is 5.79. The van der Waals surface area contributed by atoms with Crippen molar-refractivity contribution in [3.63, 3.8) is 0 Å². The zero-order chi connectivity index (χ0) is 19.1. The topological polar surface area (TPSA) is 69.4 Å². The van der Waals surface area contributed by atoms with Gasteiger partial charge in [0.05, 0.1) is 5.92 Å². The molecule has 142 valence electrons. The quantitative estimate of drug-likeness (QED) is 0.401. The van der Waals surface area contributed by atoms with Crippen molar-refractivity contribution in [2.24, 2.45) is 5.92 Å². The van der Waals surface area contributed by atoms with Gasteiger partial charge in [-0.3, -0.25) is 14.9 Å². The molecular formula is C22H25NO4. The van der Waals surface area contributed by atoms with Gasteiger partial charge in [-0.15, -0.1) is 0 Å². The van der Waals surface area contributed by atoms with E-state index in [0.717, 1.165) is 42.6 Å². The molecule has 2 aromatic rings. The summed E-state index contributed by atoms with van der Waals surface area (Å²) in [6.07, 6.45) is 4.16. The highest BCUT2D eigenvalue weighted by Gasteiger charge is 2.33. The molecule has 0 heterocycles. The van der Waals surface area contributed by atoms with Crippen LogP contribution in [0.1, 0.15) is 49.1 Å². The first-order chi connectivity index (χ1) is 13.1. The summed E-state index contributed by atoms with van der Waals surface area (Å²) in [5.41, 5.74) is 1.93. The molecule has 0 amide bonds. The second-order valence-electron chi connectivity index (χ2n) is 7.14. The molecule has 27 heavy (non-hydrogen) atoms. The van der Waals surface area contributed by atoms with Crippen LogP contribution in [0.3, 0.4) is 0 Å². The number of benzene rings is 2. The van der Waals surface area contributed by atoms with Crippen LogP contribution in [-0.2, 0) is 11.4 Å². The van der Waals surface area contributed by atoms with Gasteiger partial charge in [0.15, 0.2) is 0 Å². The number of carbonyl (C=O) groups excluding carboxylic acids is 1. The van der Waals surface area contributed by atoms with Gasteiger partial charge >= 0.3 is 0 Å². The van der Waals surface area contributed by atoms with Crippen molar-refractivity contribution in [2.45, 2.75) is 44.6 Å². The minimum atomic E-state index is -0.367. The predicted octanol–water partition coefficient (Wildman–Crippen LogP) is 4.78. The molecule has 0 radical (unpaired) electrons. The van der Waals surface area contributed by atoms with E-state index in [4.69, 9.17) is 4.74 Å². The fraction of sp³-hybridized carbons (Fsp3) is 0.409. The highest BCUT2D eigenvalue weighted by Crippen LogP contribution is 2.34. The monoisotopic (exact) mass is 367 g/mol. The first kappa shape index (κ1) is 19.1. The van der Waals surface area contributed by atoms with Crippen LogP contribution in [0.5, 0.6) is 5.75 Å². The van der Waals surface area contributed by atoms with Crippen molar-refractivity contribution in [1.82, 2.24) is 0 Å². The number of ketones is 1. The molecule has 3 rings (SSSR count). The summed E-state index contributed by atoms with van der Waals surface area (Å²) in [7, 11) is 0. The molecule has 5 heteroatoms. The predicted molar refractivity (Wildman–Crippen MR) is 103 cm³/mol. The number of carbonyl (C=O) groups is 1. The van der Waals surface area contributed by atoms with Gasteiger partial charge in [0.2, 0.25) is 6.54 Å². The van der Waals surface area contributed by atoms with E-state index < -0.39 is 0 Å². The number of nitro groups is 1. The molecule has 0 N–H and O–H groups in total. The van der Waals surface area contributed by atoms with Gasteiger partial charge in [-0.2, -0.15) is 0 Å². The number of hydrogen-bond donors (Lipinski definition) is 0. The lowest BCUT2D eigenvalue weighted by Gasteiger charge is -2.22. The minimum Gasteiger partial charge on any atom is -0.489 e. The van der Waals surface area contributed by atoms with Crippen molar-refractivity contribution in [3.05, 3.63) is 75.8 Å². The Morgan fingerprint density at radius 3 is 2.48 bits per heavy atom. The SMILES string of the molecule is O=C1CCCCCC1[C@@H](C[N+](=O)[O-])c1ccc(OCc2ccccc2)cc1. The molecule has 1 fully saturated rings. The average molecular weight is 367 g/mol. The minimum absolute atomic E-state index is 0.170. The third kappa shape index (κ3) is 5.39. The fourth-order valence-electron chi connectivity index (χ4n) is 3.79.